The Kier molecular flexibility index (Phi) is 5.43. The lowest BCUT2D eigenvalue weighted by atomic mass is 10.1. The molecule has 1 rings (SSSR count). The molecule has 0 spiro atoms. The number of halogens is 1. The molecule has 0 fully saturated rings. The van der Waals surface area contributed by atoms with Gasteiger partial charge in [0, 0.05) is 0 Å². The van der Waals surface area contributed by atoms with Crippen molar-refractivity contribution < 1.29 is 14.5 Å². The van der Waals surface area contributed by atoms with Gasteiger partial charge in [-0.05, 0) is 18.0 Å². The molecule has 0 saturated heterocycles. The van der Waals surface area contributed by atoms with Crippen LogP contribution in [0.5, 0.6) is 0 Å². The molecule has 0 radical (unpaired) electrons. The summed E-state index contributed by atoms with van der Waals surface area (Å²) in [5.74, 6) is -0.625. The van der Waals surface area contributed by atoms with E-state index in [0.717, 1.165) is 6.20 Å². The first-order valence-corrected chi connectivity index (χ1v) is 5.88. The molecule has 19 heavy (non-hydrogen) atoms. The fourth-order valence-corrected chi connectivity index (χ4v) is 1.57. The van der Waals surface area contributed by atoms with Gasteiger partial charge in [0.2, 0.25) is 11.1 Å². The van der Waals surface area contributed by atoms with Crippen LogP contribution < -0.4 is 5.32 Å². The van der Waals surface area contributed by atoms with Crippen molar-refractivity contribution in [3.63, 3.8) is 0 Å². The first kappa shape index (κ1) is 15.1. The van der Waals surface area contributed by atoms with Crippen LogP contribution >= 0.6 is 11.6 Å². The Labute approximate surface area is 114 Å². The van der Waals surface area contributed by atoms with E-state index in [0.29, 0.717) is 12.8 Å². The third-order valence-corrected chi connectivity index (χ3v) is 2.49. The molecule has 1 N–H and O–H groups in total. The van der Waals surface area contributed by atoms with Gasteiger partial charge in [-0.2, -0.15) is 4.98 Å². The number of anilines is 1. The number of carbonyl (C=O) groups is 1. The molecule has 0 aliphatic heterocycles. The van der Waals surface area contributed by atoms with Crippen LogP contribution in [0.3, 0.4) is 0 Å². The zero-order valence-corrected chi connectivity index (χ0v) is 11.2. The van der Waals surface area contributed by atoms with Gasteiger partial charge in [0.15, 0.2) is 0 Å². The average molecular weight is 289 g/mol. The van der Waals surface area contributed by atoms with Gasteiger partial charge >= 0.3 is 11.7 Å². The molecule has 0 aliphatic rings. The van der Waals surface area contributed by atoms with Crippen LogP contribution in [0.4, 0.5) is 11.5 Å². The monoisotopic (exact) mass is 288 g/mol. The molecule has 0 amide bonds. The predicted octanol–water partition coefficient (Wildman–Crippen LogP) is 1.79. The topological polar surface area (TPSA) is 107 Å². The van der Waals surface area contributed by atoms with E-state index in [1.807, 2.05) is 6.92 Å². The number of carbonyl (C=O) groups excluding carboxylic acids is 1. The van der Waals surface area contributed by atoms with Gasteiger partial charge in [-0.15, -0.1) is 0 Å². The number of ether oxygens (including phenoxy) is 1. The minimum absolute atomic E-state index is 0.103. The number of nitro groups is 1. The van der Waals surface area contributed by atoms with Gasteiger partial charge in [-0.1, -0.05) is 13.3 Å². The van der Waals surface area contributed by atoms with Crippen LogP contribution in [0.15, 0.2) is 6.20 Å². The Hall–Kier alpha value is -1.96. The van der Waals surface area contributed by atoms with Crippen molar-refractivity contribution in [3.05, 3.63) is 21.6 Å². The summed E-state index contributed by atoms with van der Waals surface area (Å²) in [6.45, 7) is 1.87. The number of esters is 1. The van der Waals surface area contributed by atoms with Crippen LogP contribution in [0, 0.1) is 10.1 Å². The molecule has 8 nitrogen and oxygen atoms in total. The van der Waals surface area contributed by atoms with E-state index in [2.05, 4.69) is 20.0 Å². The summed E-state index contributed by atoms with van der Waals surface area (Å²) in [7, 11) is 1.24. The first-order valence-electron chi connectivity index (χ1n) is 5.50. The molecule has 104 valence electrons. The molecule has 0 saturated carbocycles. The standard InChI is InChI=1S/C10H13ClN4O4/c1-3-4-6(9(16)19-2)13-8-7(15(17)18)5-12-10(11)14-8/h5-6H,3-4H2,1-2H3,(H,12,13,14). The maximum Gasteiger partial charge on any atom is 0.329 e. The zero-order valence-electron chi connectivity index (χ0n) is 10.4. The normalized spacial score (nSPS) is 11.7. The van der Waals surface area contributed by atoms with Crippen LogP contribution in [0.2, 0.25) is 5.28 Å². The van der Waals surface area contributed by atoms with Gasteiger partial charge in [0.1, 0.15) is 12.2 Å². The largest absolute Gasteiger partial charge is 0.467 e. The van der Waals surface area contributed by atoms with E-state index >= 15 is 0 Å². The second kappa shape index (κ2) is 6.83. The number of nitrogens with zero attached hydrogens (tertiary/aromatic N) is 3. The van der Waals surface area contributed by atoms with Gasteiger partial charge in [-0.25, -0.2) is 9.78 Å². The molecule has 0 bridgehead atoms. The summed E-state index contributed by atoms with van der Waals surface area (Å²) in [6, 6.07) is -0.723. The van der Waals surface area contributed by atoms with Crippen molar-refractivity contribution in [1.82, 2.24) is 9.97 Å². The van der Waals surface area contributed by atoms with Crippen molar-refractivity contribution in [2.45, 2.75) is 25.8 Å². The fraction of sp³-hybridized carbons (Fsp3) is 0.500. The fourth-order valence-electron chi connectivity index (χ4n) is 1.44. The quantitative estimate of drug-likeness (QED) is 0.368. The predicted molar refractivity (Wildman–Crippen MR) is 68.0 cm³/mol. The van der Waals surface area contributed by atoms with E-state index in [4.69, 9.17) is 11.6 Å². The van der Waals surface area contributed by atoms with Crippen molar-refractivity contribution in [2.75, 3.05) is 12.4 Å². The summed E-state index contributed by atoms with van der Waals surface area (Å²) in [5.41, 5.74) is -0.352. The van der Waals surface area contributed by atoms with E-state index in [9.17, 15) is 14.9 Å². The number of hydrogen-bond acceptors (Lipinski definition) is 7. The number of rotatable bonds is 6. The lowest BCUT2D eigenvalue weighted by Gasteiger charge is -2.15. The Morgan fingerprint density at radius 2 is 2.37 bits per heavy atom. The highest BCUT2D eigenvalue weighted by Crippen LogP contribution is 2.23. The minimum Gasteiger partial charge on any atom is -0.467 e. The maximum atomic E-state index is 11.5. The smallest absolute Gasteiger partial charge is 0.329 e. The highest BCUT2D eigenvalue weighted by molar-refractivity contribution is 6.28. The van der Waals surface area contributed by atoms with Crippen molar-refractivity contribution in [2.24, 2.45) is 0 Å². The van der Waals surface area contributed by atoms with Crippen LogP contribution in [0.1, 0.15) is 19.8 Å². The minimum atomic E-state index is -0.723. The van der Waals surface area contributed by atoms with Crippen LogP contribution in [0.25, 0.3) is 0 Å². The lowest BCUT2D eigenvalue weighted by Crippen LogP contribution is -2.31. The lowest BCUT2D eigenvalue weighted by molar-refractivity contribution is -0.384. The third-order valence-electron chi connectivity index (χ3n) is 2.31. The molecule has 1 atom stereocenters. The van der Waals surface area contributed by atoms with Crippen LogP contribution in [-0.4, -0.2) is 34.0 Å². The SMILES string of the molecule is CCCC(Nc1nc(Cl)ncc1[N+](=O)[O-])C(=O)OC. The molecule has 1 unspecified atom stereocenters. The average Bonchev–Trinajstić information content (AvgIpc) is 2.37. The maximum absolute atomic E-state index is 11.5. The summed E-state index contributed by atoms with van der Waals surface area (Å²) in [4.78, 5) is 29.0. The summed E-state index contributed by atoms with van der Waals surface area (Å²) in [6.07, 6.45) is 2.13. The van der Waals surface area contributed by atoms with Crippen molar-refractivity contribution in [3.8, 4) is 0 Å². The number of nitrogens with one attached hydrogen (secondary N) is 1. The molecule has 1 aromatic heterocycles. The number of methoxy groups -OCH3 is 1. The first-order chi connectivity index (χ1) is 8.99. The Balaban J connectivity index is 3.04. The highest BCUT2D eigenvalue weighted by Gasteiger charge is 2.24. The number of aromatic nitrogens is 2. The Morgan fingerprint density at radius 1 is 1.68 bits per heavy atom. The van der Waals surface area contributed by atoms with Crippen molar-refractivity contribution >= 4 is 29.1 Å². The molecule has 1 aromatic rings. The van der Waals surface area contributed by atoms with E-state index < -0.39 is 16.9 Å². The molecular formula is C10H13ClN4O4. The van der Waals surface area contributed by atoms with E-state index in [1.54, 1.807) is 0 Å². The number of hydrogen-bond donors (Lipinski definition) is 1. The molecule has 0 aliphatic carbocycles. The van der Waals surface area contributed by atoms with Gasteiger partial charge in [0.25, 0.3) is 0 Å². The Bertz CT molecular complexity index is 483. The molecule has 9 heteroatoms. The van der Waals surface area contributed by atoms with Crippen molar-refractivity contribution in [1.29, 1.82) is 0 Å². The summed E-state index contributed by atoms with van der Waals surface area (Å²) < 4.78 is 4.62. The highest BCUT2D eigenvalue weighted by atomic mass is 35.5. The second-order valence-electron chi connectivity index (χ2n) is 3.64. The molecule has 0 aromatic carbocycles. The van der Waals surface area contributed by atoms with Crippen LogP contribution in [-0.2, 0) is 9.53 Å². The van der Waals surface area contributed by atoms with Gasteiger partial charge < -0.3 is 10.1 Å². The Morgan fingerprint density at radius 3 is 2.89 bits per heavy atom. The molecular weight excluding hydrogens is 276 g/mol. The van der Waals surface area contributed by atoms with E-state index in [1.165, 1.54) is 7.11 Å². The zero-order chi connectivity index (χ0) is 14.4. The second-order valence-corrected chi connectivity index (χ2v) is 3.98. The van der Waals surface area contributed by atoms with Gasteiger partial charge in [-0.3, -0.25) is 10.1 Å². The summed E-state index contributed by atoms with van der Waals surface area (Å²) >= 11 is 5.59. The molecule has 1 heterocycles. The third kappa shape index (κ3) is 4.02. The summed E-state index contributed by atoms with van der Waals surface area (Å²) in [5, 5.41) is 13.4. The van der Waals surface area contributed by atoms with E-state index in [-0.39, 0.29) is 16.8 Å². The van der Waals surface area contributed by atoms with Gasteiger partial charge in [0.05, 0.1) is 12.0 Å².